The van der Waals surface area contributed by atoms with Gasteiger partial charge in [0.1, 0.15) is 7.05 Å². The van der Waals surface area contributed by atoms with Crippen LogP contribution in [0.3, 0.4) is 0 Å². The Kier molecular flexibility index (Phi) is 2.13. The molecule has 1 aromatic carbocycles. The number of benzene rings is 1. The molecule has 0 aliphatic heterocycles. The van der Waals surface area contributed by atoms with Crippen molar-refractivity contribution in [1.29, 1.82) is 0 Å². The Morgan fingerprint density at radius 1 is 1.36 bits per heavy atom. The molecule has 72 valence electrons. The summed E-state index contributed by atoms with van der Waals surface area (Å²) in [4.78, 5) is 11.4. The summed E-state index contributed by atoms with van der Waals surface area (Å²) in [5.41, 5.74) is 0.662. The van der Waals surface area contributed by atoms with Crippen molar-refractivity contribution in [2.45, 2.75) is 0 Å². The highest BCUT2D eigenvalue weighted by Crippen LogP contribution is 2.10. The summed E-state index contributed by atoms with van der Waals surface area (Å²) in [7, 11) is 1.76. The average Bonchev–Trinajstić information content (AvgIpc) is 2.47. The van der Waals surface area contributed by atoms with Crippen molar-refractivity contribution in [2.24, 2.45) is 7.05 Å². The van der Waals surface area contributed by atoms with Crippen LogP contribution in [0, 0.1) is 0 Å². The molecule has 2 aromatic rings. The normalized spacial score (nSPS) is 10.4. The molecule has 0 saturated carbocycles. The molecule has 4 nitrogen and oxygen atoms in total. The summed E-state index contributed by atoms with van der Waals surface area (Å²) in [5.74, 6) is 0. The molecule has 0 bridgehead atoms. The molecule has 1 aromatic heterocycles. The smallest absolute Gasteiger partial charge is 0.235 e. The third kappa shape index (κ3) is 1.56. The molecule has 5 heteroatoms. The zero-order chi connectivity index (χ0) is 10.1. The maximum Gasteiger partial charge on any atom is 0.398 e. The first-order valence-corrected chi connectivity index (χ1v) is 4.48. The van der Waals surface area contributed by atoms with Crippen molar-refractivity contribution in [3.05, 3.63) is 45.8 Å². The second-order valence-electron chi connectivity index (χ2n) is 2.99. The molecule has 0 amide bonds. The van der Waals surface area contributed by atoms with E-state index in [2.05, 4.69) is 5.21 Å². The molecule has 0 radical (unpaired) electrons. The number of hydrogen-bond donors (Lipinski definition) is 1. The number of rotatable bonds is 1. The Morgan fingerprint density at radius 2 is 2.00 bits per heavy atom. The molecule has 0 atom stereocenters. The molecule has 1 heterocycles. The minimum absolute atomic E-state index is 0.102. The predicted octanol–water partition coefficient (Wildman–Crippen LogP) is 0.643. The van der Waals surface area contributed by atoms with Crippen molar-refractivity contribution < 1.29 is 4.68 Å². The van der Waals surface area contributed by atoms with E-state index >= 15 is 0 Å². The van der Waals surface area contributed by atoms with Crippen LogP contribution in [-0.4, -0.2) is 9.90 Å². The second-order valence-corrected chi connectivity index (χ2v) is 3.43. The quantitative estimate of drug-likeness (QED) is 0.690. The summed E-state index contributed by atoms with van der Waals surface area (Å²) in [6, 6.07) is 7.04. The number of H-pyrrole nitrogens is 1. The zero-order valence-electron chi connectivity index (χ0n) is 7.57. The summed E-state index contributed by atoms with van der Waals surface area (Å²) >= 11 is 5.74. The van der Waals surface area contributed by atoms with Crippen molar-refractivity contribution >= 4 is 11.6 Å². The van der Waals surface area contributed by atoms with Gasteiger partial charge in [0.25, 0.3) is 0 Å². The first kappa shape index (κ1) is 9.02. The minimum atomic E-state index is -0.102. The maximum atomic E-state index is 11.4. The van der Waals surface area contributed by atoms with Gasteiger partial charge >= 0.3 is 5.56 Å². The lowest BCUT2D eigenvalue weighted by molar-refractivity contribution is -0.731. The molecule has 0 unspecified atom stereocenters. The molecular weight excluding hydrogens is 202 g/mol. The van der Waals surface area contributed by atoms with Gasteiger partial charge in [-0.05, 0) is 24.3 Å². The molecule has 0 saturated heterocycles. The standard InChI is InChI=1S/C9H8ClN3O/c1-12-6-9(14)13(11-12)8-4-2-7(10)3-5-8/h2-6H,1H3/p+1. The fourth-order valence-electron chi connectivity index (χ4n) is 1.23. The minimum Gasteiger partial charge on any atom is -0.235 e. The molecule has 1 N–H and O–H groups in total. The van der Waals surface area contributed by atoms with E-state index in [1.54, 1.807) is 36.0 Å². The number of nitrogens with one attached hydrogen (secondary N) is 1. The van der Waals surface area contributed by atoms with Crippen molar-refractivity contribution in [3.8, 4) is 5.69 Å². The van der Waals surface area contributed by atoms with E-state index in [1.807, 2.05) is 0 Å². The second kappa shape index (κ2) is 3.31. The van der Waals surface area contributed by atoms with Gasteiger partial charge in [0.05, 0.1) is 0 Å². The third-order valence-electron chi connectivity index (χ3n) is 1.87. The van der Waals surface area contributed by atoms with Gasteiger partial charge in [-0.1, -0.05) is 21.5 Å². The van der Waals surface area contributed by atoms with Gasteiger partial charge in [0.15, 0.2) is 5.69 Å². The SMILES string of the molecule is C[n+]1cc(=O)n(-c2ccc(Cl)cc2)[nH]1. The highest BCUT2D eigenvalue weighted by molar-refractivity contribution is 6.30. The van der Waals surface area contributed by atoms with E-state index in [1.165, 1.54) is 10.9 Å². The number of aromatic amines is 1. The molecule has 0 aliphatic carbocycles. The first-order chi connectivity index (χ1) is 6.66. The first-order valence-electron chi connectivity index (χ1n) is 4.10. The highest BCUT2D eigenvalue weighted by Gasteiger charge is 2.09. The van der Waals surface area contributed by atoms with Crippen LogP contribution in [0.5, 0.6) is 0 Å². The van der Waals surface area contributed by atoms with Crippen LogP contribution in [0.1, 0.15) is 0 Å². The highest BCUT2D eigenvalue weighted by atomic mass is 35.5. The van der Waals surface area contributed by atoms with Gasteiger partial charge in [-0.3, -0.25) is 0 Å². The maximum absolute atomic E-state index is 11.4. The molecule has 14 heavy (non-hydrogen) atoms. The summed E-state index contributed by atoms with van der Waals surface area (Å²) in [5, 5.41) is 3.51. The van der Waals surface area contributed by atoms with Gasteiger partial charge in [0, 0.05) is 5.02 Å². The van der Waals surface area contributed by atoms with E-state index < -0.39 is 0 Å². The number of aryl methyl sites for hydroxylation is 1. The lowest BCUT2D eigenvalue weighted by Gasteiger charge is -1.93. The van der Waals surface area contributed by atoms with Crippen LogP contribution in [0.15, 0.2) is 35.3 Å². The zero-order valence-corrected chi connectivity index (χ0v) is 8.32. The van der Waals surface area contributed by atoms with Crippen LogP contribution in [0.2, 0.25) is 5.02 Å². The Hall–Kier alpha value is -1.55. The molecule has 2 rings (SSSR count). The van der Waals surface area contributed by atoms with Crippen molar-refractivity contribution in [1.82, 2.24) is 9.90 Å². The lowest BCUT2D eigenvalue weighted by atomic mass is 10.3. The number of hydrogen-bond acceptors (Lipinski definition) is 1. The van der Waals surface area contributed by atoms with E-state index in [0.29, 0.717) is 5.02 Å². The molecular formula is C9H9ClN3O+. The Morgan fingerprint density at radius 3 is 2.50 bits per heavy atom. The van der Waals surface area contributed by atoms with Gasteiger partial charge in [-0.2, -0.15) is 4.68 Å². The predicted molar refractivity (Wildman–Crippen MR) is 52.6 cm³/mol. The molecule has 0 spiro atoms. The van der Waals surface area contributed by atoms with Gasteiger partial charge in [-0.15, -0.1) is 0 Å². The summed E-state index contributed by atoms with van der Waals surface area (Å²) in [6.45, 7) is 0. The van der Waals surface area contributed by atoms with Gasteiger partial charge in [-0.25, -0.2) is 4.79 Å². The van der Waals surface area contributed by atoms with E-state index in [9.17, 15) is 4.79 Å². The van der Waals surface area contributed by atoms with E-state index in [4.69, 9.17) is 11.6 Å². The summed E-state index contributed by atoms with van der Waals surface area (Å²) < 4.78 is 3.03. The summed E-state index contributed by atoms with van der Waals surface area (Å²) in [6.07, 6.45) is 1.47. The average molecular weight is 211 g/mol. The Balaban J connectivity index is 2.54. The largest absolute Gasteiger partial charge is 0.398 e. The monoisotopic (exact) mass is 210 g/mol. The fourth-order valence-corrected chi connectivity index (χ4v) is 1.36. The van der Waals surface area contributed by atoms with Gasteiger partial charge in [0.2, 0.25) is 6.20 Å². The lowest BCUT2D eigenvalue weighted by Crippen LogP contribution is -2.30. The van der Waals surface area contributed by atoms with Crippen LogP contribution in [0.4, 0.5) is 0 Å². The Bertz CT molecular complexity index is 498. The fraction of sp³-hybridized carbons (Fsp3) is 0.111. The van der Waals surface area contributed by atoms with Crippen LogP contribution in [0.25, 0.3) is 5.69 Å². The number of aromatic nitrogens is 3. The van der Waals surface area contributed by atoms with Crippen LogP contribution >= 0.6 is 11.6 Å². The van der Waals surface area contributed by atoms with Crippen molar-refractivity contribution in [3.63, 3.8) is 0 Å². The molecule has 0 fully saturated rings. The van der Waals surface area contributed by atoms with Crippen molar-refractivity contribution in [2.75, 3.05) is 0 Å². The number of halogens is 1. The van der Waals surface area contributed by atoms with Crippen LogP contribution in [-0.2, 0) is 7.05 Å². The van der Waals surface area contributed by atoms with E-state index in [0.717, 1.165) is 5.69 Å². The topological polar surface area (TPSA) is 41.7 Å². The van der Waals surface area contributed by atoms with Crippen LogP contribution < -0.4 is 10.2 Å². The van der Waals surface area contributed by atoms with Gasteiger partial charge < -0.3 is 0 Å². The van der Waals surface area contributed by atoms with E-state index in [-0.39, 0.29) is 5.56 Å². The Labute approximate surface area is 85.3 Å². The number of nitrogens with zero attached hydrogens (tertiary/aromatic N) is 2. The third-order valence-corrected chi connectivity index (χ3v) is 2.12. The molecule has 0 aliphatic rings.